The highest BCUT2D eigenvalue weighted by Gasteiger charge is 2.34. The number of aromatic nitrogens is 1. The molecule has 8 heteroatoms. The number of carbonyl (C=O) groups excluding carboxylic acids is 3. The van der Waals surface area contributed by atoms with E-state index in [2.05, 4.69) is 25.4 Å². The van der Waals surface area contributed by atoms with Crippen molar-refractivity contribution in [3.63, 3.8) is 0 Å². The van der Waals surface area contributed by atoms with Crippen LogP contribution in [0.3, 0.4) is 0 Å². The zero-order valence-electron chi connectivity index (χ0n) is 25.5. The van der Waals surface area contributed by atoms with Crippen molar-refractivity contribution in [3.8, 4) is 0 Å². The molecule has 4 heterocycles. The van der Waals surface area contributed by atoms with Crippen molar-refractivity contribution in [1.29, 1.82) is 0 Å². The Kier molecular flexibility index (Phi) is 7.97. The second kappa shape index (κ2) is 11.8. The SMILES string of the molecule is Cc1ccc([C@H](C)NC(=O)c2ccc3c(c2)C(=Cc2[nH]c(C)c(C(=O)N4CCC[C@H]4CN4CCCC4)c2C)C(=O)N3)cc1. The number of anilines is 1. The smallest absolute Gasteiger partial charge is 0.256 e. The molecule has 0 aliphatic carbocycles. The first-order valence-electron chi connectivity index (χ1n) is 15.5. The molecule has 2 aromatic carbocycles. The van der Waals surface area contributed by atoms with Crippen LogP contribution in [-0.2, 0) is 4.79 Å². The van der Waals surface area contributed by atoms with Crippen molar-refractivity contribution in [2.45, 2.75) is 65.5 Å². The topological polar surface area (TPSA) is 97.5 Å². The van der Waals surface area contributed by atoms with Crippen molar-refractivity contribution in [2.24, 2.45) is 0 Å². The predicted octanol–water partition coefficient (Wildman–Crippen LogP) is 5.62. The summed E-state index contributed by atoms with van der Waals surface area (Å²) in [5, 5.41) is 5.99. The second-order valence-electron chi connectivity index (χ2n) is 12.3. The Labute approximate surface area is 253 Å². The van der Waals surface area contributed by atoms with Gasteiger partial charge in [0.2, 0.25) is 0 Å². The number of H-pyrrole nitrogens is 1. The van der Waals surface area contributed by atoms with Crippen LogP contribution in [0, 0.1) is 20.8 Å². The van der Waals surface area contributed by atoms with Crippen molar-refractivity contribution in [2.75, 3.05) is 31.5 Å². The summed E-state index contributed by atoms with van der Waals surface area (Å²) >= 11 is 0. The minimum atomic E-state index is -0.231. The molecule has 6 rings (SSSR count). The van der Waals surface area contributed by atoms with Crippen LogP contribution in [0.1, 0.15) is 93.0 Å². The highest BCUT2D eigenvalue weighted by atomic mass is 16.2. The van der Waals surface area contributed by atoms with E-state index in [0.29, 0.717) is 28.0 Å². The fourth-order valence-electron chi connectivity index (χ4n) is 6.77. The highest BCUT2D eigenvalue weighted by molar-refractivity contribution is 6.35. The van der Waals surface area contributed by atoms with Crippen LogP contribution in [0.25, 0.3) is 11.6 Å². The summed E-state index contributed by atoms with van der Waals surface area (Å²) in [5.41, 5.74) is 7.54. The molecule has 2 atom stereocenters. The fraction of sp³-hybridized carbons (Fsp3) is 0.400. The first-order chi connectivity index (χ1) is 20.7. The van der Waals surface area contributed by atoms with Gasteiger partial charge in [0.05, 0.1) is 17.2 Å². The van der Waals surface area contributed by atoms with E-state index in [9.17, 15) is 14.4 Å². The lowest BCUT2D eigenvalue weighted by Crippen LogP contribution is -2.42. The van der Waals surface area contributed by atoms with Crippen LogP contribution in [0.2, 0.25) is 0 Å². The Balaban J connectivity index is 1.23. The zero-order chi connectivity index (χ0) is 30.2. The van der Waals surface area contributed by atoms with Crippen LogP contribution in [0.15, 0.2) is 42.5 Å². The summed E-state index contributed by atoms with van der Waals surface area (Å²) in [6.07, 6.45) is 6.36. The minimum Gasteiger partial charge on any atom is -0.358 e. The van der Waals surface area contributed by atoms with Crippen LogP contribution in [0.5, 0.6) is 0 Å². The van der Waals surface area contributed by atoms with Gasteiger partial charge in [-0.3, -0.25) is 14.4 Å². The molecule has 0 saturated carbocycles. The molecule has 3 aromatic rings. The lowest BCUT2D eigenvalue weighted by atomic mass is 10.0. The molecule has 3 N–H and O–H groups in total. The van der Waals surface area contributed by atoms with Gasteiger partial charge in [0.25, 0.3) is 17.7 Å². The minimum absolute atomic E-state index is 0.0653. The van der Waals surface area contributed by atoms with Gasteiger partial charge in [0.15, 0.2) is 0 Å². The van der Waals surface area contributed by atoms with Gasteiger partial charge in [0.1, 0.15) is 0 Å². The Morgan fingerprint density at radius 1 is 1.02 bits per heavy atom. The quantitative estimate of drug-likeness (QED) is 0.317. The molecule has 0 unspecified atom stereocenters. The fourth-order valence-corrected chi connectivity index (χ4v) is 6.77. The number of likely N-dealkylation sites (tertiary alicyclic amines) is 2. The molecule has 1 aromatic heterocycles. The van der Waals surface area contributed by atoms with Gasteiger partial charge in [-0.2, -0.15) is 0 Å². The molecule has 3 amide bonds. The van der Waals surface area contributed by atoms with E-state index in [4.69, 9.17) is 0 Å². The third-order valence-electron chi connectivity index (χ3n) is 9.27. The molecule has 43 heavy (non-hydrogen) atoms. The normalized spacial score (nSPS) is 20.0. The van der Waals surface area contributed by atoms with Crippen molar-refractivity contribution >= 4 is 35.1 Å². The van der Waals surface area contributed by atoms with E-state index in [-0.39, 0.29) is 29.8 Å². The summed E-state index contributed by atoms with van der Waals surface area (Å²) in [6.45, 7) is 11.8. The Hall–Kier alpha value is -4.17. The van der Waals surface area contributed by atoms with E-state index in [1.54, 1.807) is 18.2 Å². The number of benzene rings is 2. The predicted molar refractivity (Wildman–Crippen MR) is 170 cm³/mol. The summed E-state index contributed by atoms with van der Waals surface area (Å²) < 4.78 is 0. The lowest BCUT2D eigenvalue weighted by molar-refractivity contribution is -0.110. The third-order valence-corrected chi connectivity index (χ3v) is 9.27. The van der Waals surface area contributed by atoms with Gasteiger partial charge < -0.3 is 25.4 Å². The van der Waals surface area contributed by atoms with Crippen molar-refractivity contribution < 1.29 is 14.4 Å². The number of aryl methyl sites for hydroxylation is 2. The zero-order valence-corrected chi connectivity index (χ0v) is 25.5. The molecular weight excluding hydrogens is 538 g/mol. The van der Waals surface area contributed by atoms with E-state index in [1.807, 2.05) is 58.0 Å². The van der Waals surface area contributed by atoms with Gasteiger partial charge in [0, 0.05) is 47.3 Å². The van der Waals surface area contributed by atoms with Gasteiger partial charge in [-0.15, -0.1) is 0 Å². The van der Waals surface area contributed by atoms with E-state index >= 15 is 0 Å². The first kappa shape index (κ1) is 28.9. The van der Waals surface area contributed by atoms with E-state index in [0.717, 1.165) is 61.5 Å². The summed E-state index contributed by atoms with van der Waals surface area (Å²) in [5.74, 6) is -0.371. The molecule has 224 valence electrons. The molecule has 3 aliphatic rings. The van der Waals surface area contributed by atoms with Gasteiger partial charge >= 0.3 is 0 Å². The van der Waals surface area contributed by atoms with Gasteiger partial charge in [-0.05, 0) is 102 Å². The second-order valence-corrected chi connectivity index (χ2v) is 12.3. The number of carbonyl (C=O) groups is 3. The molecular formula is C35H41N5O3. The largest absolute Gasteiger partial charge is 0.358 e. The Morgan fingerprint density at radius 2 is 1.77 bits per heavy atom. The molecule has 0 spiro atoms. The van der Waals surface area contributed by atoms with Crippen LogP contribution < -0.4 is 10.6 Å². The first-order valence-corrected chi connectivity index (χ1v) is 15.5. The lowest BCUT2D eigenvalue weighted by Gasteiger charge is -2.28. The monoisotopic (exact) mass is 579 g/mol. The maximum atomic E-state index is 13.9. The van der Waals surface area contributed by atoms with Crippen LogP contribution in [0.4, 0.5) is 5.69 Å². The molecule has 0 bridgehead atoms. The molecule has 2 saturated heterocycles. The number of aromatic amines is 1. The average molecular weight is 580 g/mol. The molecule has 8 nitrogen and oxygen atoms in total. The summed E-state index contributed by atoms with van der Waals surface area (Å²) in [4.78, 5) is 48.0. The number of nitrogens with one attached hydrogen (secondary N) is 3. The van der Waals surface area contributed by atoms with E-state index < -0.39 is 0 Å². The molecule has 0 radical (unpaired) electrons. The number of amides is 3. The van der Waals surface area contributed by atoms with E-state index in [1.165, 1.54) is 18.4 Å². The number of fused-ring (bicyclic) bond motifs is 1. The highest BCUT2D eigenvalue weighted by Crippen LogP contribution is 2.35. The Morgan fingerprint density at radius 3 is 2.51 bits per heavy atom. The Bertz CT molecular complexity index is 1600. The maximum Gasteiger partial charge on any atom is 0.256 e. The molecule has 3 aliphatic heterocycles. The van der Waals surface area contributed by atoms with Crippen molar-refractivity contribution in [1.82, 2.24) is 20.1 Å². The standard InChI is InChI=1S/C35H41N5O3/c1-21-9-11-25(12-10-21)23(3)37-33(41)26-13-14-30-28(18-26)29(34(42)38-30)19-31-22(2)32(24(4)36-31)35(43)40-17-7-8-27(40)20-39-15-5-6-16-39/h9-14,18-19,23,27,36H,5-8,15-17,20H2,1-4H3,(H,37,41)(H,38,42)/t23-,27-/m0/s1. The maximum absolute atomic E-state index is 13.9. The van der Waals surface area contributed by atoms with Crippen LogP contribution in [-0.4, -0.2) is 64.7 Å². The van der Waals surface area contributed by atoms with Gasteiger partial charge in [-0.25, -0.2) is 0 Å². The number of hydrogen-bond acceptors (Lipinski definition) is 4. The third kappa shape index (κ3) is 5.76. The van der Waals surface area contributed by atoms with Crippen molar-refractivity contribution in [3.05, 3.63) is 87.2 Å². The molecule has 2 fully saturated rings. The van der Waals surface area contributed by atoms with Crippen LogP contribution >= 0.6 is 0 Å². The summed E-state index contributed by atoms with van der Waals surface area (Å²) in [7, 11) is 0. The average Bonchev–Trinajstić information content (AvgIpc) is 3.78. The number of nitrogens with zero attached hydrogens (tertiary/aromatic N) is 2. The summed E-state index contributed by atoms with van der Waals surface area (Å²) in [6, 6.07) is 13.4. The van der Waals surface area contributed by atoms with Gasteiger partial charge in [-0.1, -0.05) is 29.8 Å². The number of rotatable bonds is 7. The number of hydrogen-bond donors (Lipinski definition) is 3.